The zero-order valence-corrected chi connectivity index (χ0v) is 22.6. The van der Waals surface area contributed by atoms with Gasteiger partial charge in [-0.25, -0.2) is 5.53 Å². The van der Waals surface area contributed by atoms with Crippen molar-refractivity contribution in [3.8, 4) is 11.5 Å². The average Bonchev–Trinajstić information content (AvgIpc) is 2.84. The Hall–Kier alpha value is -2.19. The van der Waals surface area contributed by atoms with Gasteiger partial charge in [-0.2, -0.15) is 5.11 Å². The summed E-state index contributed by atoms with van der Waals surface area (Å²) in [4.78, 5) is 12.4. The molecule has 8 nitrogen and oxygen atoms in total. The Kier molecular flexibility index (Phi) is 15.2. The maximum Gasteiger partial charge on any atom is 0.222 e. The first-order valence-electron chi connectivity index (χ1n) is 13.0. The van der Waals surface area contributed by atoms with E-state index in [2.05, 4.69) is 37.3 Å². The molecule has 0 aliphatic rings. The molecule has 0 aliphatic heterocycles. The molecule has 1 amide bonds. The van der Waals surface area contributed by atoms with Crippen molar-refractivity contribution in [3.05, 3.63) is 23.8 Å². The molecule has 0 unspecified atom stereocenters. The summed E-state index contributed by atoms with van der Waals surface area (Å²) >= 11 is 0. The number of nitrogens with one attached hydrogen (secondary N) is 2. The van der Waals surface area contributed by atoms with E-state index in [4.69, 9.17) is 25.5 Å². The van der Waals surface area contributed by atoms with Crippen LogP contribution in [0.15, 0.2) is 23.3 Å². The van der Waals surface area contributed by atoms with Gasteiger partial charge in [-0.1, -0.05) is 40.2 Å². The fourth-order valence-corrected chi connectivity index (χ4v) is 4.11. The molecule has 8 heteroatoms. The summed E-state index contributed by atoms with van der Waals surface area (Å²) in [7, 11) is 3.32. The van der Waals surface area contributed by atoms with E-state index < -0.39 is 0 Å². The quantitative estimate of drug-likeness (QED) is 0.186. The van der Waals surface area contributed by atoms with Crippen molar-refractivity contribution in [2.24, 2.45) is 28.6 Å². The molecule has 0 bridgehead atoms. The molecular formula is C27H48N4O4. The third-order valence-corrected chi connectivity index (χ3v) is 6.53. The van der Waals surface area contributed by atoms with Crippen LogP contribution in [0, 0.1) is 23.3 Å². The average molecular weight is 493 g/mol. The van der Waals surface area contributed by atoms with E-state index in [1.54, 1.807) is 14.2 Å². The molecule has 0 saturated carbocycles. The number of carbonyl (C=O) groups is 1. The first-order chi connectivity index (χ1) is 16.8. The Bertz CT molecular complexity index is 744. The van der Waals surface area contributed by atoms with Gasteiger partial charge in [0.05, 0.1) is 19.8 Å². The van der Waals surface area contributed by atoms with Crippen LogP contribution < -0.4 is 20.5 Å². The van der Waals surface area contributed by atoms with E-state index in [1.165, 1.54) is 0 Å². The maximum absolute atomic E-state index is 12.4. The minimum Gasteiger partial charge on any atom is -0.493 e. The molecule has 1 rings (SSSR count). The van der Waals surface area contributed by atoms with Crippen molar-refractivity contribution in [1.29, 1.82) is 5.53 Å². The van der Waals surface area contributed by atoms with Gasteiger partial charge in [0.1, 0.15) is 0 Å². The standard InChI is InChI=1S/C27H48N4O4/c1-7-8-12-30-27(32)20(4)15-23(28)24(31-29)18-22(19(2)3)16-21-10-11-25(34-6)26(17-21)35-14-9-13-33-5/h10-11,17,19-20,22-24,29H,7-9,12-16,18,28H2,1-6H3,(H,30,32)/t20-,22+,23+,24+/m1/s1. The third-order valence-electron chi connectivity index (χ3n) is 6.53. The zero-order chi connectivity index (χ0) is 26.2. The molecule has 0 aliphatic carbocycles. The van der Waals surface area contributed by atoms with Crippen molar-refractivity contribution in [3.63, 3.8) is 0 Å². The normalized spacial score (nSPS) is 14.7. The van der Waals surface area contributed by atoms with Crippen LogP contribution in [0.4, 0.5) is 0 Å². The molecule has 0 spiro atoms. The number of rotatable bonds is 19. The van der Waals surface area contributed by atoms with Crippen molar-refractivity contribution in [2.75, 3.05) is 34.0 Å². The van der Waals surface area contributed by atoms with E-state index >= 15 is 0 Å². The second kappa shape index (κ2) is 17.3. The van der Waals surface area contributed by atoms with Gasteiger partial charge in [-0.15, -0.1) is 0 Å². The number of nitrogens with zero attached hydrogens (tertiary/aromatic N) is 1. The Morgan fingerprint density at radius 2 is 1.86 bits per heavy atom. The molecule has 4 N–H and O–H groups in total. The molecule has 0 saturated heterocycles. The van der Waals surface area contributed by atoms with E-state index in [0.717, 1.165) is 37.0 Å². The molecule has 200 valence electrons. The van der Waals surface area contributed by atoms with Crippen LogP contribution in [-0.4, -0.2) is 52.0 Å². The van der Waals surface area contributed by atoms with Crippen LogP contribution in [0.5, 0.6) is 11.5 Å². The fraction of sp³-hybridized carbons (Fsp3) is 0.741. The van der Waals surface area contributed by atoms with Crippen LogP contribution in [0.25, 0.3) is 0 Å². The second-order valence-electron chi connectivity index (χ2n) is 9.77. The first kappa shape index (κ1) is 30.8. The zero-order valence-electron chi connectivity index (χ0n) is 22.6. The lowest BCUT2D eigenvalue weighted by Gasteiger charge is -2.28. The fourth-order valence-electron chi connectivity index (χ4n) is 4.11. The number of unbranched alkanes of at least 4 members (excludes halogenated alkanes) is 1. The van der Waals surface area contributed by atoms with E-state index in [1.807, 2.05) is 19.1 Å². The monoisotopic (exact) mass is 492 g/mol. The minimum atomic E-state index is -0.337. The highest BCUT2D eigenvalue weighted by atomic mass is 16.5. The topological polar surface area (TPSA) is 119 Å². The second-order valence-corrected chi connectivity index (χ2v) is 9.77. The molecular weight excluding hydrogens is 444 g/mol. The lowest BCUT2D eigenvalue weighted by Crippen LogP contribution is -2.40. The Labute approximate surface area is 212 Å². The number of nitrogens with two attached hydrogens (primary N) is 1. The van der Waals surface area contributed by atoms with Crippen LogP contribution >= 0.6 is 0 Å². The summed E-state index contributed by atoms with van der Waals surface area (Å²) in [5.41, 5.74) is 15.4. The highest BCUT2D eigenvalue weighted by molar-refractivity contribution is 5.78. The van der Waals surface area contributed by atoms with Gasteiger partial charge < -0.3 is 25.3 Å². The molecule has 1 aromatic carbocycles. The van der Waals surface area contributed by atoms with Crippen molar-refractivity contribution in [1.82, 2.24) is 5.32 Å². The minimum absolute atomic E-state index is 0.0225. The Morgan fingerprint density at radius 3 is 2.46 bits per heavy atom. The summed E-state index contributed by atoms with van der Waals surface area (Å²) < 4.78 is 16.5. The number of benzene rings is 1. The van der Waals surface area contributed by atoms with Crippen molar-refractivity contribution >= 4 is 5.91 Å². The van der Waals surface area contributed by atoms with Crippen LogP contribution in [-0.2, 0) is 16.0 Å². The number of carbonyl (C=O) groups excluding carboxylic acids is 1. The SMILES string of the molecule is CCCCNC(=O)[C@H](C)C[C@H](N)[C@H](C[C@H](Cc1ccc(OC)c(OCCCOC)c1)C(C)C)N=N. The number of methoxy groups -OCH3 is 2. The van der Waals surface area contributed by atoms with Gasteiger partial charge in [0.15, 0.2) is 11.5 Å². The van der Waals surface area contributed by atoms with Crippen molar-refractivity contribution in [2.45, 2.75) is 78.3 Å². The number of hydrogen-bond donors (Lipinski definition) is 3. The highest BCUT2D eigenvalue weighted by Gasteiger charge is 2.27. The summed E-state index contributed by atoms with van der Waals surface area (Å²) in [6, 6.07) is 5.38. The van der Waals surface area contributed by atoms with E-state index in [9.17, 15) is 4.79 Å². The van der Waals surface area contributed by atoms with E-state index in [0.29, 0.717) is 44.3 Å². The lowest BCUT2D eigenvalue weighted by molar-refractivity contribution is -0.124. The van der Waals surface area contributed by atoms with Gasteiger partial charge in [-0.3, -0.25) is 4.79 Å². The summed E-state index contributed by atoms with van der Waals surface area (Å²) in [6.45, 7) is 10.3. The van der Waals surface area contributed by atoms with Gasteiger partial charge in [0, 0.05) is 38.6 Å². The number of hydrogen-bond acceptors (Lipinski definition) is 7. The Morgan fingerprint density at radius 1 is 1.11 bits per heavy atom. The molecule has 0 fully saturated rings. The molecule has 4 atom stereocenters. The summed E-state index contributed by atoms with van der Waals surface area (Å²) in [5, 5.41) is 6.85. The van der Waals surface area contributed by atoms with E-state index in [-0.39, 0.29) is 29.8 Å². The maximum atomic E-state index is 12.4. The molecule has 0 aromatic heterocycles. The third kappa shape index (κ3) is 11.4. The van der Waals surface area contributed by atoms with Crippen LogP contribution in [0.3, 0.4) is 0 Å². The molecule has 0 heterocycles. The van der Waals surface area contributed by atoms with Crippen LogP contribution in [0.1, 0.15) is 65.4 Å². The predicted octanol–water partition coefficient (Wildman–Crippen LogP) is 4.98. The largest absolute Gasteiger partial charge is 0.493 e. The summed E-state index contributed by atoms with van der Waals surface area (Å²) in [5.74, 6) is 1.92. The highest BCUT2D eigenvalue weighted by Crippen LogP contribution is 2.32. The van der Waals surface area contributed by atoms with Gasteiger partial charge in [0.2, 0.25) is 5.91 Å². The number of ether oxygens (including phenoxy) is 3. The number of amides is 1. The van der Waals surface area contributed by atoms with Gasteiger partial charge in [0.25, 0.3) is 0 Å². The predicted molar refractivity (Wildman–Crippen MR) is 140 cm³/mol. The van der Waals surface area contributed by atoms with Gasteiger partial charge >= 0.3 is 0 Å². The van der Waals surface area contributed by atoms with Crippen LogP contribution in [0.2, 0.25) is 0 Å². The van der Waals surface area contributed by atoms with Crippen molar-refractivity contribution < 1.29 is 19.0 Å². The smallest absolute Gasteiger partial charge is 0.222 e. The lowest BCUT2D eigenvalue weighted by atomic mass is 9.81. The molecule has 1 aromatic rings. The molecule has 35 heavy (non-hydrogen) atoms. The Balaban J connectivity index is 2.82. The molecule has 0 radical (unpaired) electrons. The van der Waals surface area contributed by atoms with Gasteiger partial charge in [-0.05, 0) is 55.2 Å². The summed E-state index contributed by atoms with van der Waals surface area (Å²) in [6.07, 6.45) is 4.84. The first-order valence-corrected chi connectivity index (χ1v) is 13.0.